The Kier molecular flexibility index (Phi) is 2.76. The molecule has 0 saturated heterocycles. The molecule has 0 amide bonds. The van der Waals surface area contributed by atoms with Crippen LogP contribution in [0.15, 0.2) is 10.5 Å². The maximum absolute atomic E-state index is 2.47. The summed E-state index contributed by atoms with van der Waals surface area (Å²) < 4.78 is 0. The predicted octanol–water partition coefficient (Wildman–Crippen LogP) is 3.40. The second kappa shape index (κ2) is 3.62. The van der Waals surface area contributed by atoms with Gasteiger partial charge in [-0.1, -0.05) is 31.8 Å². The molecule has 1 saturated carbocycles. The molecule has 0 spiro atoms. The van der Waals surface area contributed by atoms with Crippen molar-refractivity contribution in [3.05, 3.63) is 10.5 Å². The molecule has 2 aliphatic rings. The highest BCUT2D eigenvalue weighted by Gasteiger charge is 2.42. The Balaban J connectivity index is 2.26. The van der Waals surface area contributed by atoms with Gasteiger partial charge in [-0.25, -0.2) is 0 Å². The zero-order chi connectivity index (χ0) is 10.3. The zero-order valence-electron chi connectivity index (χ0n) is 9.89. The van der Waals surface area contributed by atoms with Crippen LogP contribution in [0.25, 0.3) is 0 Å². The second-order valence-corrected chi connectivity index (χ2v) is 6.97. The SMILES string of the molecule is BC1(C)CCCCC2C(C)=C(C)SC21. The van der Waals surface area contributed by atoms with Gasteiger partial charge in [-0.2, -0.15) is 0 Å². The van der Waals surface area contributed by atoms with Gasteiger partial charge in [-0.3, -0.25) is 0 Å². The average Bonchev–Trinajstić information content (AvgIpc) is 2.30. The Morgan fingerprint density at radius 2 is 2.07 bits per heavy atom. The van der Waals surface area contributed by atoms with E-state index in [0.29, 0.717) is 5.31 Å². The van der Waals surface area contributed by atoms with E-state index in [1.165, 1.54) is 25.7 Å². The van der Waals surface area contributed by atoms with E-state index in [2.05, 4.69) is 40.4 Å². The fourth-order valence-electron chi connectivity index (χ4n) is 3.01. The van der Waals surface area contributed by atoms with Gasteiger partial charge in [-0.15, -0.1) is 11.8 Å². The molecule has 1 fully saturated rings. The van der Waals surface area contributed by atoms with Crippen molar-refractivity contribution in [3.63, 3.8) is 0 Å². The van der Waals surface area contributed by atoms with Gasteiger partial charge < -0.3 is 0 Å². The lowest BCUT2D eigenvalue weighted by atomic mass is 9.63. The molecule has 3 unspecified atom stereocenters. The molecule has 1 aliphatic heterocycles. The minimum absolute atomic E-state index is 0.546. The minimum atomic E-state index is 0.546. The largest absolute Gasteiger partial charge is 0.127 e. The van der Waals surface area contributed by atoms with Crippen LogP contribution in [0, 0.1) is 5.92 Å². The molecule has 1 aliphatic carbocycles. The van der Waals surface area contributed by atoms with Gasteiger partial charge in [0, 0.05) is 5.25 Å². The van der Waals surface area contributed by atoms with Gasteiger partial charge in [0.2, 0.25) is 0 Å². The third-order valence-electron chi connectivity index (χ3n) is 4.14. The van der Waals surface area contributed by atoms with Gasteiger partial charge >= 0.3 is 0 Å². The molecule has 3 atom stereocenters. The van der Waals surface area contributed by atoms with E-state index in [-0.39, 0.29) is 0 Å². The molecule has 0 bridgehead atoms. The first kappa shape index (κ1) is 10.7. The highest BCUT2D eigenvalue weighted by molar-refractivity contribution is 8.04. The van der Waals surface area contributed by atoms with Crippen LogP contribution in [0.1, 0.15) is 46.5 Å². The molecule has 2 heteroatoms. The van der Waals surface area contributed by atoms with E-state index in [1.807, 2.05) is 0 Å². The van der Waals surface area contributed by atoms with Crippen LogP contribution in [0.4, 0.5) is 0 Å². The highest BCUT2D eigenvalue weighted by Crippen LogP contribution is 2.56. The maximum Gasteiger partial charge on any atom is 0.110 e. The summed E-state index contributed by atoms with van der Waals surface area (Å²) in [7, 11) is 2.47. The van der Waals surface area contributed by atoms with Gasteiger partial charge in [0.1, 0.15) is 7.85 Å². The van der Waals surface area contributed by atoms with Crippen LogP contribution in [-0.4, -0.2) is 13.1 Å². The number of thioether (sulfide) groups is 1. The lowest BCUT2D eigenvalue weighted by Crippen LogP contribution is -2.26. The van der Waals surface area contributed by atoms with Crippen molar-refractivity contribution in [1.82, 2.24) is 0 Å². The van der Waals surface area contributed by atoms with E-state index in [9.17, 15) is 0 Å². The van der Waals surface area contributed by atoms with Crippen LogP contribution < -0.4 is 0 Å². The van der Waals surface area contributed by atoms with Crippen molar-refractivity contribution in [2.75, 3.05) is 0 Å². The second-order valence-electron chi connectivity index (χ2n) is 5.62. The lowest BCUT2D eigenvalue weighted by Gasteiger charge is -2.33. The molecule has 1 heterocycles. The molecule has 0 nitrogen and oxygen atoms in total. The number of allylic oxidation sites excluding steroid dienone is 2. The zero-order valence-corrected chi connectivity index (χ0v) is 10.7. The molecule has 2 rings (SSSR count). The van der Waals surface area contributed by atoms with E-state index < -0.39 is 0 Å². The fourth-order valence-corrected chi connectivity index (χ4v) is 4.67. The Morgan fingerprint density at radius 3 is 2.79 bits per heavy atom. The lowest BCUT2D eigenvalue weighted by molar-refractivity contribution is 0.482. The van der Waals surface area contributed by atoms with Gasteiger partial charge in [0.15, 0.2) is 0 Å². The molecule has 0 aromatic heterocycles. The molecular weight excluding hydrogens is 187 g/mol. The Labute approximate surface area is 93.3 Å². The number of rotatable bonds is 0. The molecule has 0 N–H and O–H groups in total. The number of fused-ring (bicyclic) bond motifs is 1. The monoisotopic (exact) mass is 208 g/mol. The molecule has 0 radical (unpaired) electrons. The van der Waals surface area contributed by atoms with Crippen LogP contribution >= 0.6 is 11.8 Å². The summed E-state index contributed by atoms with van der Waals surface area (Å²) in [6, 6.07) is 0. The van der Waals surface area contributed by atoms with Crippen molar-refractivity contribution >= 4 is 19.6 Å². The molecule has 78 valence electrons. The summed E-state index contributed by atoms with van der Waals surface area (Å²) >= 11 is 2.16. The normalized spacial score (nSPS) is 43.6. The number of hydrogen-bond acceptors (Lipinski definition) is 1. The first-order valence-corrected chi connectivity index (χ1v) is 6.74. The first-order valence-electron chi connectivity index (χ1n) is 5.86. The molecule has 0 aromatic carbocycles. The van der Waals surface area contributed by atoms with Gasteiger partial charge in [0.25, 0.3) is 0 Å². The third-order valence-corrected chi connectivity index (χ3v) is 6.03. The number of hydrogen-bond donors (Lipinski definition) is 0. The Hall–Kier alpha value is 0.155. The summed E-state index contributed by atoms with van der Waals surface area (Å²) in [6.07, 6.45) is 5.73. The summed E-state index contributed by atoms with van der Waals surface area (Å²) in [5.74, 6) is 0.887. The summed E-state index contributed by atoms with van der Waals surface area (Å²) in [4.78, 5) is 1.61. The molecule has 14 heavy (non-hydrogen) atoms. The standard InChI is InChI=1S/C12H21BS/c1-8-9(2)14-11-10(8)6-4-5-7-12(11,3)13/h10-11H,4-7,13H2,1-3H3. The van der Waals surface area contributed by atoms with Crippen molar-refractivity contribution in [2.24, 2.45) is 5.92 Å². The van der Waals surface area contributed by atoms with Crippen molar-refractivity contribution in [3.8, 4) is 0 Å². The maximum atomic E-state index is 2.47. The average molecular weight is 208 g/mol. The summed E-state index contributed by atoms with van der Waals surface area (Å²) in [6.45, 7) is 7.13. The van der Waals surface area contributed by atoms with Crippen molar-refractivity contribution < 1.29 is 0 Å². The van der Waals surface area contributed by atoms with Gasteiger partial charge in [0.05, 0.1) is 0 Å². The minimum Gasteiger partial charge on any atom is -0.127 e. The van der Waals surface area contributed by atoms with E-state index >= 15 is 0 Å². The van der Waals surface area contributed by atoms with Crippen LogP contribution in [-0.2, 0) is 0 Å². The van der Waals surface area contributed by atoms with Crippen LogP contribution in [0.5, 0.6) is 0 Å². The molecule has 0 aromatic rings. The van der Waals surface area contributed by atoms with Crippen LogP contribution in [0.2, 0.25) is 5.31 Å². The van der Waals surface area contributed by atoms with Crippen molar-refractivity contribution in [2.45, 2.75) is 57.0 Å². The van der Waals surface area contributed by atoms with Crippen LogP contribution in [0.3, 0.4) is 0 Å². The Bertz CT molecular complexity index is 267. The quantitative estimate of drug-likeness (QED) is 0.550. The van der Waals surface area contributed by atoms with E-state index in [4.69, 9.17) is 0 Å². The van der Waals surface area contributed by atoms with E-state index in [1.54, 1.807) is 10.5 Å². The topological polar surface area (TPSA) is 0 Å². The summed E-state index contributed by atoms with van der Waals surface area (Å²) in [5, 5.41) is 1.41. The summed E-state index contributed by atoms with van der Waals surface area (Å²) in [5.41, 5.74) is 1.69. The van der Waals surface area contributed by atoms with Crippen molar-refractivity contribution in [1.29, 1.82) is 0 Å². The highest BCUT2D eigenvalue weighted by atomic mass is 32.2. The fraction of sp³-hybridized carbons (Fsp3) is 0.833. The Morgan fingerprint density at radius 1 is 1.36 bits per heavy atom. The smallest absolute Gasteiger partial charge is 0.110 e. The molecular formula is C12H21BS. The third kappa shape index (κ3) is 1.66. The van der Waals surface area contributed by atoms with Gasteiger partial charge in [-0.05, 0) is 36.4 Å². The van der Waals surface area contributed by atoms with E-state index in [0.717, 1.165) is 11.2 Å². The first-order chi connectivity index (χ1) is 6.52. The predicted molar refractivity (Wildman–Crippen MR) is 68.6 cm³/mol.